The summed E-state index contributed by atoms with van der Waals surface area (Å²) in [6, 6.07) is 5.91. The van der Waals surface area contributed by atoms with Crippen molar-refractivity contribution < 1.29 is 4.79 Å². The third-order valence-electron chi connectivity index (χ3n) is 6.03. The molecule has 1 aromatic carbocycles. The summed E-state index contributed by atoms with van der Waals surface area (Å²) in [4.78, 5) is 27.9. The second kappa shape index (κ2) is 7.16. The summed E-state index contributed by atoms with van der Waals surface area (Å²) in [5.41, 5.74) is 14.1. The Balaban J connectivity index is 1.64. The summed E-state index contributed by atoms with van der Waals surface area (Å²) in [5, 5.41) is 3.06. The van der Waals surface area contributed by atoms with Gasteiger partial charge in [0.1, 0.15) is 5.66 Å². The van der Waals surface area contributed by atoms with Crippen LogP contribution in [0.15, 0.2) is 46.9 Å². The summed E-state index contributed by atoms with van der Waals surface area (Å²) >= 11 is 0. The highest BCUT2D eigenvalue weighted by Crippen LogP contribution is 2.41. The van der Waals surface area contributed by atoms with Crippen molar-refractivity contribution in [3.63, 3.8) is 0 Å². The highest BCUT2D eigenvalue weighted by molar-refractivity contribution is 6.07. The number of nitrogens with zero attached hydrogens (tertiary/aromatic N) is 5. The van der Waals surface area contributed by atoms with Crippen molar-refractivity contribution in [2.24, 2.45) is 21.5 Å². The maximum Gasteiger partial charge on any atom is 0.251 e. The van der Waals surface area contributed by atoms with Gasteiger partial charge in [0.15, 0.2) is 0 Å². The predicted octanol–water partition coefficient (Wildman–Crippen LogP) is 1.87. The smallest absolute Gasteiger partial charge is 0.251 e. The van der Waals surface area contributed by atoms with Gasteiger partial charge >= 0.3 is 0 Å². The highest BCUT2D eigenvalue weighted by Gasteiger charge is 2.43. The molecule has 2 aliphatic carbocycles. The topological polar surface area (TPSA) is 127 Å². The van der Waals surface area contributed by atoms with E-state index in [-0.39, 0.29) is 17.9 Å². The number of amides is 1. The van der Waals surface area contributed by atoms with Gasteiger partial charge in [0, 0.05) is 24.0 Å². The lowest BCUT2D eigenvalue weighted by Crippen LogP contribution is -2.58. The fraction of sp³-hybridized carbons (Fsp3) is 0.429. The minimum absolute atomic E-state index is 0.0795. The minimum Gasteiger partial charge on any atom is -0.369 e. The third kappa shape index (κ3) is 3.30. The Bertz CT molecular complexity index is 1020. The van der Waals surface area contributed by atoms with Gasteiger partial charge < -0.3 is 21.4 Å². The Morgan fingerprint density at radius 3 is 2.63 bits per heavy atom. The normalized spacial score (nSPS) is 20.6. The number of nitrogens with two attached hydrogens (primary N) is 2. The molecule has 1 aromatic heterocycles. The molecule has 2 saturated carbocycles. The molecular formula is C21H26N8O. The number of carbonyl (C=O) groups is 1. The lowest BCUT2D eigenvalue weighted by Gasteiger charge is -2.46. The fourth-order valence-electron chi connectivity index (χ4n) is 4.43. The standard InChI is InChI=1S/C21H26N8O/c22-19-26-20(23)29(21(27-19)8-2-1-3-9-21)17-12-14(18(30)25-15-5-6-15)4-7-16(17)28-11-10-24-13-28/h4,7,10-13,15H,1-3,5-6,8-9H2,(H,25,30)(H4,22,23,26,27). The second-order valence-electron chi connectivity index (χ2n) is 8.24. The number of nitrogens with one attached hydrogen (secondary N) is 1. The Kier molecular flexibility index (Phi) is 4.45. The van der Waals surface area contributed by atoms with E-state index < -0.39 is 5.66 Å². The molecule has 0 atom stereocenters. The molecule has 0 bridgehead atoms. The molecule has 5 rings (SSSR count). The van der Waals surface area contributed by atoms with E-state index in [1.807, 2.05) is 33.9 Å². The van der Waals surface area contributed by atoms with Gasteiger partial charge in [-0.3, -0.25) is 9.69 Å². The molecule has 1 spiro atoms. The van der Waals surface area contributed by atoms with Crippen molar-refractivity contribution in [3.05, 3.63) is 42.5 Å². The minimum atomic E-state index is -0.588. The maximum absolute atomic E-state index is 12.8. The zero-order valence-electron chi connectivity index (χ0n) is 16.8. The van der Waals surface area contributed by atoms with Gasteiger partial charge in [0.25, 0.3) is 5.91 Å². The van der Waals surface area contributed by atoms with E-state index in [0.717, 1.165) is 56.3 Å². The Hall–Kier alpha value is -3.36. The monoisotopic (exact) mass is 406 g/mol. The quantitative estimate of drug-likeness (QED) is 0.714. The van der Waals surface area contributed by atoms with Gasteiger partial charge in [-0.1, -0.05) is 6.42 Å². The van der Waals surface area contributed by atoms with Gasteiger partial charge in [0.2, 0.25) is 11.9 Å². The SMILES string of the molecule is NC1=NC2(CCCCC2)N(c2cc(C(=O)NC3CC3)ccc2-n2ccnc2)C(N)=N1. The van der Waals surface area contributed by atoms with Crippen LogP contribution in [0.4, 0.5) is 5.69 Å². The molecule has 3 aliphatic rings. The third-order valence-corrected chi connectivity index (χ3v) is 6.03. The first-order chi connectivity index (χ1) is 14.6. The van der Waals surface area contributed by atoms with Gasteiger partial charge in [-0.05, 0) is 56.7 Å². The van der Waals surface area contributed by atoms with E-state index in [2.05, 4.69) is 15.3 Å². The molecule has 1 amide bonds. The molecule has 30 heavy (non-hydrogen) atoms. The number of benzene rings is 1. The highest BCUT2D eigenvalue weighted by atomic mass is 16.1. The van der Waals surface area contributed by atoms with Gasteiger partial charge in [-0.25, -0.2) is 9.98 Å². The fourth-order valence-corrected chi connectivity index (χ4v) is 4.43. The van der Waals surface area contributed by atoms with Gasteiger partial charge in [-0.2, -0.15) is 4.99 Å². The number of aromatic nitrogens is 2. The zero-order valence-corrected chi connectivity index (χ0v) is 16.8. The summed E-state index contributed by atoms with van der Waals surface area (Å²) in [7, 11) is 0. The number of hydrogen-bond donors (Lipinski definition) is 3. The van der Waals surface area contributed by atoms with Gasteiger partial charge in [0.05, 0.1) is 17.7 Å². The Morgan fingerprint density at radius 1 is 1.13 bits per heavy atom. The van der Waals surface area contributed by atoms with E-state index in [1.54, 1.807) is 12.5 Å². The lowest BCUT2D eigenvalue weighted by molar-refractivity contribution is 0.0951. The number of aliphatic imine (C=N–C) groups is 2. The van der Waals surface area contributed by atoms with Crippen molar-refractivity contribution in [1.82, 2.24) is 14.9 Å². The molecule has 5 N–H and O–H groups in total. The van der Waals surface area contributed by atoms with Crippen molar-refractivity contribution >= 4 is 23.5 Å². The maximum atomic E-state index is 12.8. The van der Waals surface area contributed by atoms with E-state index >= 15 is 0 Å². The Labute approximate surface area is 174 Å². The molecule has 0 unspecified atom stereocenters. The summed E-state index contributed by atoms with van der Waals surface area (Å²) in [5.74, 6) is 0.423. The molecule has 0 saturated heterocycles. The molecule has 156 valence electrons. The molecule has 2 heterocycles. The zero-order chi connectivity index (χ0) is 20.7. The summed E-state index contributed by atoms with van der Waals surface area (Å²) in [6.07, 6.45) is 12.3. The largest absolute Gasteiger partial charge is 0.369 e. The van der Waals surface area contributed by atoms with Crippen molar-refractivity contribution in [2.75, 3.05) is 4.90 Å². The first-order valence-electron chi connectivity index (χ1n) is 10.5. The molecule has 9 nitrogen and oxygen atoms in total. The van der Waals surface area contributed by atoms with E-state index in [1.165, 1.54) is 0 Å². The van der Waals surface area contributed by atoms with Crippen LogP contribution in [0.2, 0.25) is 0 Å². The van der Waals surface area contributed by atoms with E-state index in [4.69, 9.17) is 16.5 Å². The van der Waals surface area contributed by atoms with Gasteiger partial charge in [-0.15, -0.1) is 0 Å². The average Bonchev–Trinajstić information content (AvgIpc) is 3.36. The molecule has 0 radical (unpaired) electrons. The van der Waals surface area contributed by atoms with Crippen LogP contribution in [-0.2, 0) is 0 Å². The second-order valence-corrected chi connectivity index (χ2v) is 8.24. The predicted molar refractivity (Wildman–Crippen MR) is 116 cm³/mol. The number of carbonyl (C=O) groups excluding carboxylic acids is 1. The van der Waals surface area contributed by atoms with Crippen LogP contribution in [0.3, 0.4) is 0 Å². The van der Waals surface area contributed by atoms with Crippen LogP contribution < -0.4 is 21.7 Å². The lowest BCUT2D eigenvalue weighted by atomic mass is 9.87. The van der Waals surface area contributed by atoms with Crippen LogP contribution in [0, 0.1) is 0 Å². The van der Waals surface area contributed by atoms with E-state index in [9.17, 15) is 4.79 Å². The molecule has 9 heteroatoms. The van der Waals surface area contributed by atoms with Crippen LogP contribution in [0.5, 0.6) is 0 Å². The summed E-state index contributed by atoms with van der Waals surface area (Å²) in [6.45, 7) is 0. The average molecular weight is 406 g/mol. The number of anilines is 1. The first-order valence-corrected chi connectivity index (χ1v) is 10.5. The molecule has 1 aliphatic heterocycles. The molecule has 2 aromatic rings. The van der Waals surface area contributed by atoms with Crippen molar-refractivity contribution in [1.29, 1.82) is 0 Å². The van der Waals surface area contributed by atoms with Crippen molar-refractivity contribution in [2.45, 2.75) is 56.7 Å². The molecular weight excluding hydrogens is 380 g/mol. The number of hydrogen-bond acceptors (Lipinski definition) is 7. The molecule has 2 fully saturated rings. The van der Waals surface area contributed by atoms with Crippen molar-refractivity contribution in [3.8, 4) is 5.69 Å². The number of imidazole rings is 1. The summed E-state index contributed by atoms with van der Waals surface area (Å²) < 4.78 is 1.91. The van der Waals surface area contributed by atoms with Crippen LogP contribution in [-0.4, -0.2) is 39.1 Å². The van der Waals surface area contributed by atoms with E-state index in [0.29, 0.717) is 11.5 Å². The Morgan fingerprint density at radius 2 is 1.93 bits per heavy atom. The first kappa shape index (κ1) is 18.7. The van der Waals surface area contributed by atoms with Crippen LogP contribution in [0.1, 0.15) is 55.3 Å². The number of rotatable bonds is 4. The van der Waals surface area contributed by atoms with Crippen LogP contribution in [0.25, 0.3) is 5.69 Å². The number of guanidine groups is 2. The van der Waals surface area contributed by atoms with Crippen LogP contribution >= 0.6 is 0 Å².